The number of nitrogens with one attached hydrogen (secondary N) is 1. The molecule has 1 unspecified atom stereocenters. The predicted molar refractivity (Wildman–Crippen MR) is 77.4 cm³/mol. The van der Waals surface area contributed by atoms with Crippen molar-refractivity contribution < 1.29 is 19.1 Å². The normalized spacial score (nSPS) is 11.9. The van der Waals surface area contributed by atoms with Crippen LogP contribution in [0.2, 0.25) is 0 Å². The predicted octanol–water partition coefficient (Wildman–Crippen LogP) is 2.73. The fraction of sp³-hybridized carbons (Fsp3) is 0.250. The Kier molecular flexibility index (Phi) is 4.77. The first-order valence-electron chi connectivity index (χ1n) is 6.78. The standard InChI is InChI=1S/C16H17NO4/c1-2-12(10-11-6-4-3-5-7-11)17-15(18)13-8-9-14(21-13)16(19)20/h3-9,12H,2,10H2,1H3,(H,17,18)(H,19,20). The number of rotatable bonds is 6. The molecule has 2 N–H and O–H groups in total. The fourth-order valence-electron chi connectivity index (χ4n) is 2.03. The van der Waals surface area contributed by atoms with Crippen molar-refractivity contribution in [1.29, 1.82) is 0 Å². The Labute approximate surface area is 122 Å². The summed E-state index contributed by atoms with van der Waals surface area (Å²) in [4.78, 5) is 22.8. The van der Waals surface area contributed by atoms with Crippen LogP contribution >= 0.6 is 0 Å². The molecule has 1 aromatic carbocycles. The van der Waals surface area contributed by atoms with E-state index in [2.05, 4.69) is 5.32 Å². The molecule has 5 nitrogen and oxygen atoms in total. The van der Waals surface area contributed by atoms with Crippen LogP contribution in [0.1, 0.15) is 40.0 Å². The largest absolute Gasteiger partial charge is 0.475 e. The zero-order valence-corrected chi connectivity index (χ0v) is 11.7. The number of furan rings is 1. The van der Waals surface area contributed by atoms with Gasteiger partial charge in [0.1, 0.15) is 0 Å². The maximum absolute atomic E-state index is 12.0. The molecule has 0 saturated carbocycles. The second-order valence-electron chi connectivity index (χ2n) is 4.74. The third-order valence-corrected chi connectivity index (χ3v) is 3.19. The van der Waals surface area contributed by atoms with Crippen molar-refractivity contribution in [2.45, 2.75) is 25.8 Å². The van der Waals surface area contributed by atoms with E-state index in [4.69, 9.17) is 9.52 Å². The number of aromatic carboxylic acids is 1. The molecule has 1 amide bonds. The first kappa shape index (κ1) is 14.8. The lowest BCUT2D eigenvalue weighted by Crippen LogP contribution is -2.35. The van der Waals surface area contributed by atoms with Gasteiger partial charge < -0.3 is 14.8 Å². The third-order valence-electron chi connectivity index (χ3n) is 3.19. The molecule has 0 radical (unpaired) electrons. The second kappa shape index (κ2) is 6.74. The van der Waals surface area contributed by atoms with Crippen LogP contribution in [0, 0.1) is 0 Å². The van der Waals surface area contributed by atoms with Crippen LogP contribution in [-0.4, -0.2) is 23.0 Å². The first-order chi connectivity index (χ1) is 10.1. The Hall–Kier alpha value is -2.56. The van der Waals surface area contributed by atoms with Gasteiger partial charge in [0.25, 0.3) is 5.91 Å². The van der Waals surface area contributed by atoms with Gasteiger partial charge in [-0.1, -0.05) is 37.3 Å². The molecule has 0 saturated heterocycles. The van der Waals surface area contributed by atoms with Crippen LogP contribution in [-0.2, 0) is 6.42 Å². The van der Waals surface area contributed by atoms with Gasteiger partial charge in [0, 0.05) is 6.04 Å². The van der Waals surface area contributed by atoms with Crippen molar-refractivity contribution in [2.75, 3.05) is 0 Å². The molecule has 1 aromatic heterocycles. The molecule has 1 heterocycles. The summed E-state index contributed by atoms with van der Waals surface area (Å²) in [5.74, 6) is -1.81. The molecular formula is C16H17NO4. The van der Waals surface area contributed by atoms with E-state index in [-0.39, 0.29) is 17.6 Å². The molecule has 2 aromatic rings. The van der Waals surface area contributed by atoms with Gasteiger partial charge in [0.2, 0.25) is 5.76 Å². The molecule has 5 heteroatoms. The minimum absolute atomic E-state index is 0.0129. The minimum Gasteiger partial charge on any atom is -0.475 e. The summed E-state index contributed by atoms with van der Waals surface area (Å²) in [6, 6.07) is 12.5. The summed E-state index contributed by atoms with van der Waals surface area (Å²) in [6.45, 7) is 1.98. The molecule has 2 rings (SSSR count). The molecule has 0 aliphatic heterocycles. The van der Waals surface area contributed by atoms with Gasteiger partial charge in [-0.05, 0) is 30.5 Å². The Morgan fingerprint density at radius 1 is 1.14 bits per heavy atom. The molecule has 21 heavy (non-hydrogen) atoms. The summed E-state index contributed by atoms with van der Waals surface area (Å²) < 4.78 is 4.99. The van der Waals surface area contributed by atoms with Gasteiger partial charge in [-0.3, -0.25) is 4.79 Å². The lowest BCUT2D eigenvalue weighted by Gasteiger charge is -2.16. The number of carbonyl (C=O) groups excluding carboxylic acids is 1. The van der Waals surface area contributed by atoms with Gasteiger partial charge in [-0.2, -0.15) is 0 Å². The SMILES string of the molecule is CCC(Cc1ccccc1)NC(=O)c1ccc(C(=O)O)o1. The zero-order chi connectivity index (χ0) is 15.2. The van der Waals surface area contributed by atoms with Crippen molar-refractivity contribution in [3.63, 3.8) is 0 Å². The molecule has 0 aliphatic carbocycles. The van der Waals surface area contributed by atoms with Crippen LogP contribution in [0.4, 0.5) is 0 Å². The Bertz CT molecular complexity index is 618. The fourth-order valence-corrected chi connectivity index (χ4v) is 2.03. The lowest BCUT2D eigenvalue weighted by molar-refractivity contribution is 0.0659. The van der Waals surface area contributed by atoms with Gasteiger partial charge in [-0.15, -0.1) is 0 Å². The molecule has 0 bridgehead atoms. The quantitative estimate of drug-likeness (QED) is 0.856. The smallest absolute Gasteiger partial charge is 0.371 e. The van der Waals surface area contributed by atoms with Crippen LogP contribution in [0.5, 0.6) is 0 Å². The molecular weight excluding hydrogens is 270 g/mol. The van der Waals surface area contributed by atoms with E-state index in [9.17, 15) is 9.59 Å². The van der Waals surface area contributed by atoms with E-state index in [1.54, 1.807) is 0 Å². The number of hydrogen-bond acceptors (Lipinski definition) is 3. The maximum Gasteiger partial charge on any atom is 0.371 e. The van der Waals surface area contributed by atoms with Crippen molar-refractivity contribution in [2.24, 2.45) is 0 Å². The molecule has 1 atom stereocenters. The van der Waals surface area contributed by atoms with E-state index < -0.39 is 11.9 Å². The Balaban J connectivity index is 2.00. The van der Waals surface area contributed by atoms with E-state index in [1.807, 2.05) is 37.3 Å². The van der Waals surface area contributed by atoms with Gasteiger partial charge >= 0.3 is 5.97 Å². The number of carboxylic acid groups (broad SMARTS) is 1. The summed E-state index contributed by atoms with van der Waals surface area (Å²) in [7, 11) is 0. The first-order valence-corrected chi connectivity index (χ1v) is 6.78. The van der Waals surface area contributed by atoms with Gasteiger partial charge in [0.05, 0.1) is 0 Å². The van der Waals surface area contributed by atoms with Gasteiger partial charge in [-0.25, -0.2) is 4.79 Å². The lowest BCUT2D eigenvalue weighted by atomic mass is 10.0. The van der Waals surface area contributed by atoms with Crippen LogP contribution in [0.15, 0.2) is 46.9 Å². The van der Waals surface area contributed by atoms with Gasteiger partial charge in [0.15, 0.2) is 5.76 Å². The molecule has 110 valence electrons. The van der Waals surface area contributed by atoms with Crippen molar-refractivity contribution in [3.8, 4) is 0 Å². The molecule has 0 spiro atoms. The molecule has 0 fully saturated rings. The Morgan fingerprint density at radius 2 is 1.81 bits per heavy atom. The number of amides is 1. The number of hydrogen-bond donors (Lipinski definition) is 2. The average Bonchev–Trinajstić information content (AvgIpc) is 2.97. The van der Waals surface area contributed by atoms with Crippen molar-refractivity contribution in [3.05, 3.63) is 59.5 Å². The van der Waals surface area contributed by atoms with Crippen LogP contribution < -0.4 is 5.32 Å². The highest BCUT2D eigenvalue weighted by molar-refractivity contribution is 5.93. The molecule has 0 aliphatic rings. The number of benzene rings is 1. The highest BCUT2D eigenvalue weighted by atomic mass is 16.4. The summed E-state index contributed by atoms with van der Waals surface area (Å²) in [5, 5.41) is 11.6. The Morgan fingerprint density at radius 3 is 2.38 bits per heavy atom. The highest BCUT2D eigenvalue weighted by Crippen LogP contribution is 2.10. The van der Waals surface area contributed by atoms with Crippen LogP contribution in [0.25, 0.3) is 0 Å². The maximum atomic E-state index is 12.0. The van der Waals surface area contributed by atoms with E-state index >= 15 is 0 Å². The third kappa shape index (κ3) is 3.95. The summed E-state index contributed by atoms with van der Waals surface area (Å²) in [6.07, 6.45) is 1.49. The highest BCUT2D eigenvalue weighted by Gasteiger charge is 2.17. The van der Waals surface area contributed by atoms with E-state index in [1.165, 1.54) is 12.1 Å². The summed E-state index contributed by atoms with van der Waals surface area (Å²) in [5.41, 5.74) is 1.13. The zero-order valence-electron chi connectivity index (χ0n) is 11.7. The summed E-state index contributed by atoms with van der Waals surface area (Å²) >= 11 is 0. The average molecular weight is 287 g/mol. The van der Waals surface area contributed by atoms with Crippen molar-refractivity contribution >= 4 is 11.9 Å². The monoisotopic (exact) mass is 287 g/mol. The number of carbonyl (C=O) groups is 2. The van der Waals surface area contributed by atoms with Crippen LogP contribution in [0.3, 0.4) is 0 Å². The van der Waals surface area contributed by atoms with E-state index in [0.717, 1.165) is 18.4 Å². The topological polar surface area (TPSA) is 79.5 Å². The number of carboxylic acids is 1. The van der Waals surface area contributed by atoms with E-state index in [0.29, 0.717) is 0 Å². The second-order valence-corrected chi connectivity index (χ2v) is 4.74. The van der Waals surface area contributed by atoms with Crippen molar-refractivity contribution in [1.82, 2.24) is 5.32 Å². The minimum atomic E-state index is -1.19.